The molecule has 0 saturated heterocycles. The van der Waals surface area contributed by atoms with E-state index in [9.17, 15) is 5.11 Å². The van der Waals surface area contributed by atoms with Gasteiger partial charge in [-0.2, -0.15) is 0 Å². The van der Waals surface area contributed by atoms with E-state index in [0.717, 1.165) is 6.42 Å². The second kappa shape index (κ2) is 3.40. The molecule has 2 rings (SSSR count). The van der Waals surface area contributed by atoms with Gasteiger partial charge in [-0.1, -0.05) is 13.8 Å². The molecule has 0 bridgehead atoms. The average molecular weight is 218 g/mol. The Bertz CT molecular complexity index is 250. The monoisotopic (exact) mass is 218 g/mol. The highest BCUT2D eigenvalue weighted by Crippen LogP contribution is 2.72. The molecule has 2 aliphatic carbocycles. The Labute approximate surface area is 88.5 Å². The van der Waals surface area contributed by atoms with E-state index in [2.05, 4.69) is 23.6 Å². The minimum Gasteiger partial charge on any atom is -0.396 e. The van der Waals surface area contributed by atoms with Gasteiger partial charge in [-0.15, -0.1) is 0 Å². The van der Waals surface area contributed by atoms with E-state index in [0.29, 0.717) is 12.3 Å². The molecular weight excluding hydrogens is 200 g/mol. The molecular formula is C10H18O5. The summed E-state index contributed by atoms with van der Waals surface area (Å²) in [5, 5.41) is 27.0. The number of fused-ring (bicyclic) bond motifs is 1. The summed E-state index contributed by atoms with van der Waals surface area (Å²) in [6.07, 6.45) is 1.44. The molecule has 0 aromatic rings. The van der Waals surface area contributed by atoms with E-state index >= 15 is 0 Å². The van der Waals surface area contributed by atoms with Crippen LogP contribution in [-0.4, -0.2) is 28.0 Å². The van der Waals surface area contributed by atoms with E-state index in [1.807, 2.05) is 0 Å². The third-order valence-corrected chi connectivity index (χ3v) is 4.46. The fourth-order valence-electron chi connectivity index (χ4n) is 3.34. The molecule has 3 atom stereocenters. The first-order valence-corrected chi connectivity index (χ1v) is 5.32. The van der Waals surface area contributed by atoms with E-state index in [1.54, 1.807) is 0 Å². The van der Waals surface area contributed by atoms with Crippen molar-refractivity contribution < 1.29 is 25.4 Å². The van der Waals surface area contributed by atoms with Crippen LogP contribution in [0.3, 0.4) is 0 Å². The van der Waals surface area contributed by atoms with Gasteiger partial charge in [0.05, 0.1) is 6.61 Å². The van der Waals surface area contributed by atoms with Crippen LogP contribution in [0.1, 0.15) is 26.7 Å². The first kappa shape index (κ1) is 11.3. The summed E-state index contributed by atoms with van der Waals surface area (Å²) >= 11 is 0. The van der Waals surface area contributed by atoms with Crippen molar-refractivity contribution in [1.29, 1.82) is 0 Å². The average Bonchev–Trinajstić information content (AvgIpc) is 2.87. The Balaban J connectivity index is 2.24. The van der Waals surface area contributed by atoms with E-state index < -0.39 is 5.79 Å². The van der Waals surface area contributed by atoms with Crippen molar-refractivity contribution in [3.63, 3.8) is 0 Å². The van der Waals surface area contributed by atoms with Crippen LogP contribution in [0.15, 0.2) is 0 Å². The molecule has 2 fully saturated rings. The van der Waals surface area contributed by atoms with Crippen molar-refractivity contribution in [3.05, 3.63) is 0 Å². The predicted molar refractivity (Wildman–Crippen MR) is 50.7 cm³/mol. The van der Waals surface area contributed by atoms with Gasteiger partial charge in [-0.25, -0.2) is 20.3 Å². The van der Waals surface area contributed by atoms with Crippen molar-refractivity contribution in [1.82, 2.24) is 0 Å². The summed E-state index contributed by atoms with van der Waals surface area (Å²) in [6, 6.07) is 0. The Kier molecular flexibility index (Phi) is 2.56. The molecule has 88 valence electrons. The number of aliphatic hydroxyl groups is 1. The van der Waals surface area contributed by atoms with E-state index in [1.165, 1.54) is 0 Å². The summed E-state index contributed by atoms with van der Waals surface area (Å²) in [5.41, 5.74) is 0.0405. The lowest BCUT2D eigenvalue weighted by Gasteiger charge is -2.30. The molecule has 0 heterocycles. The quantitative estimate of drug-likeness (QED) is 0.377. The van der Waals surface area contributed by atoms with Gasteiger partial charge in [-0.05, 0) is 23.7 Å². The Hall–Kier alpha value is -0.200. The fourth-order valence-corrected chi connectivity index (χ4v) is 3.34. The van der Waals surface area contributed by atoms with Crippen LogP contribution in [0.2, 0.25) is 0 Å². The van der Waals surface area contributed by atoms with Crippen LogP contribution in [0.4, 0.5) is 0 Å². The van der Waals surface area contributed by atoms with Crippen molar-refractivity contribution in [2.75, 3.05) is 6.61 Å². The number of hydrogen-bond donors (Lipinski definition) is 3. The van der Waals surface area contributed by atoms with Crippen molar-refractivity contribution in [3.8, 4) is 0 Å². The van der Waals surface area contributed by atoms with Gasteiger partial charge >= 0.3 is 0 Å². The molecule has 15 heavy (non-hydrogen) atoms. The Morgan fingerprint density at radius 3 is 2.27 bits per heavy atom. The molecule has 1 unspecified atom stereocenters. The van der Waals surface area contributed by atoms with Gasteiger partial charge in [-0.3, -0.25) is 0 Å². The van der Waals surface area contributed by atoms with Gasteiger partial charge in [0.1, 0.15) is 0 Å². The van der Waals surface area contributed by atoms with Gasteiger partial charge in [0, 0.05) is 12.3 Å². The highest BCUT2D eigenvalue weighted by molar-refractivity contribution is 5.17. The van der Waals surface area contributed by atoms with Gasteiger partial charge < -0.3 is 5.11 Å². The summed E-state index contributed by atoms with van der Waals surface area (Å²) in [7, 11) is 0. The lowest BCUT2D eigenvalue weighted by Crippen LogP contribution is -2.42. The topological polar surface area (TPSA) is 79.2 Å². The molecule has 3 N–H and O–H groups in total. The minimum atomic E-state index is -1.43. The van der Waals surface area contributed by atoms with Crippen LogP contribution < -0.4 is 0 Å². The molecule has 0 spiro atoms. The van der Waals surface area contributed by atoms with E-state index in [-0.39, 0.29) is 23.9 Å². The lowest BCUT2D eigenvalue weighted by molar-refractivity contribution is -0.500. The third kappa shape index (κ3) is 1.28. The smallest absolute Gasteiger partial charge is 0.239 e. The highest BCUT2D eigenvalue weighted by Gasteiger charge is 2.73. The molecule has 0 radical (unpaired) electrons. The third-order valence-electron chi connectivity index (χ3n) is 4.46. The summed E-state index contributed by atoms with van der Waals surface area (Å²) < 4.78 is 0. The molecule has 0 aromatic carbocycles. The Morgan fingerprint density at radius 2 is 1.93 bits per heavy atom. The molecule has 2 saturated carbocycles. The first-order valence-electron chi connectivity index (χ1n) is 5.32. The molecule has 0 aromatic heterocycles. The number of aliphatic hydroxyl groups excluding tert-OH is 1. The molecule has 5 nitrogen and oxygen atoms in total. The molecule has 0 aliphatic heterocycles. The standard InChI is InChI=1S/C10H18O5/c1-6(2)9-3-7(9)8(4-11)10(5-9,14-12)15-13/h6-8,11-13H,3-5H2,1-2H3/t7?,8-,9+/m1/s1. The van der Waals surface area contributed by atoms with Crippen LogP contribution in [0.25, 0.3) is 0 Å². The van der Waals surface area contributed by atoms with Crippen molar-refractivity contribution >= 4 is 0 Å². The second-order valence-corrected chi connectivity index (χ2v) is 5.16. The van der Waals surface area contributed by atoms with E-state index in [4.69, 9.17) is 10.5 Å². The zero-order chi connectivity index (χ0) is 11.3. The van der Waals surface area contributed by atoms with Crippen molar-refractivity contribution in [2.24, 2.45) is 23.2 Å². The lowest BCUT2D eigenvalue weighted by atomic mass is 9.89. The fraction of sp³-hybridized carbons (Fsp3) is 1.00. The van der Waals surface area contributed by atoms with Crippen LogP contribution in [0, 0.1) is 23.2 Å². The Morgan fingerprint density at radius 1 is 1.33 bits per heavy atom. The van der Waals surface area contributed by atoms with Gasteiger partial charge in [0.2, 0.25) is 5.79 Å². The molecule has 0 amide bonds. The normalized spacial score (nSPS) is 42.0. The number of rotatable bonds is 4. The SMILES string of the molecule is CC(C)[C@@]12CC1[C@@H](CO)C(OO)(OO)C2. The second-order valence-electron chi connectivity index (χ2n) is 5.16. The zero-order valence-corrected chi connectivity index (χ0v) is 9.01. The summed E-state index contributed by atoms with van der Waals surface area (Å²) in [5.74, 6) is -1.09. The summed E-state index contributed by atoms with van der Waals surface area (Å²) in [4.78, 5) is 8.59. The highest BCUT2D eigenvalue weighted by atomic mass is 17.2. The van der Waals surface area contributed by atoms with Gasteiger partial charge in [0.15, 0.2) is 0 Å². The van der Waals surface area contributed by atoms with Gasteiger partial charge in [0.25, 0.3) is 0 Å². The zero-order valence-electron chi connectivity index (χ0n) is 9.01. The maximum Gasteiger partial charge on any atom is 0.239 e. The maximum absolute atomic E-state index is 9.27. The molecule has 2 aliphatic rings. The predicted octanol–water partition coefficient (Wildman–Crippen LogP) is 1.34. The van der Waals surface area contributed by atoms with Crippen LogP contribution in [-0.2, 0) is 9.78 Å². The van der Waals surface area contributed by atoms with Crippen LogP contribution >= 0.6 is 0 Å². The summed E-state index contributed by atoms with van der Waals surface area (Å²) in [6.45, 7) is 4.04. The minimum absolute atomic E-state index is 0.0405. The van der Waals surface area contributed by atoms with Crippen LogP contribution in [0.5, 0.6) is 0 Å². The largest absolute Gasteiger partial charge is 0.396 e. The number of hydrogen-bond acceptors (Lipinski definition) is 5. The molecule has 5 heteroatoms. The first-order chi connectivity index (χ1) is 7.06. The maximum atomic E-state index is 9.27. The van der Waals surface area contributed by atoms with Crippen molar-refractivity contribution in [2.45, 2.75) is 32.5 Å².